The number of hydrogen-bond donors (Lipinski definition) is 2. The topological polar surface area (TPSA) is 79.9 Å². The number of amides is 1. The molecule has 2 aromatic rings. The molecule has 0 bridgehead atoms. The fourth-order valence-electron chi connectivity index (χ4n) is 1.36. The van der Waals surface area contributed by atoms with Gasteiger partial charge in [0.15, 0.2) is 5.82 Å². The van der Waals surface area contributed by atoms with Crippen LogP contribution < -0.4 is 5.32 Å². The molecule has 2 N–H and O–H groups in total. The van der Waals surface area contributed by atoms with Crippen molar-refractivity contribution in [1.29, 1.82) is 0 Å². The van der Waals surface area contributed by atoms with E-state index >= 15 is 0 Å². The minimum absolute atomic E-state index is 0.501. The first-order valence-corrected chi connectivity index (χ1v) is 7.11. The number of aromatic amines is 1. The Morgan fingerprint density at radius 2 is 2.26 bits per heavy atom. The standard InChI is InChI=1S/C11H13BrN4O2S/c1-11(2,3)18-10(17)15-6-4-7(12)19-8(6)9-13-5-14-16-9/h4-5H,1-3H3,(H,15,17)(H,13,14,16). The SMILES string of the molecule is CC(C)(C)OC(=O)Nc1cc(Br)sc1-c1ncn[nH]1. The third-order valence-electron chi connectivity index (χ3n) is 1.97. The van der Waals surface area contributed by atoms with Gasteiger partial charge >= 0.3 is 6.09 Å². The van der Waals surface area contributed by atoms with Crippen LogP contribution in [0.2, 0.25) is 0 Å². The first-order chi connectivity index (χ1) is 8.85. The van der Waals surface area contributed by atoms with Gasteiger partial charge in [0.2, 0.25) is 0 Å². The Morgan fingerprint density at radius 3 is 2.84 bits per heavy atom. The summed E-state index contributed by atoms with van der Waals surface area (Å²) in [5.41, 5.74) is 0.0897. The van der Waals surface area contributed by atoms with Gasteiger partial charge in [-0.05, 0) is 42.8 Å². The van der Waals surface area contributed by atoms with Crippen LogP contribution in [0.4, 0.5) is 10.5 Å². The Kier molecular flexibility index (Phi) is 3.91. The van der Waals surface area contributed by atoms with Crippen molar-refractivity contribution in [1.82, 2.24) is 15.2 Å². The summed E-state index contributed by atoms with van der Waals surface area (Å²) in [5.74, 6) is 0.599. The van der Waals surface area contributed by atoms with Crippen molar-refractivity contribution in [2.24, 2.45) is 0 Å². The molecule has 102 valence electrons. The maximum atomic E-state index is 11.8. The van der Waals surface area contributed by atoms with Crippen molar-refractivity contribution in [3.05, 3.63) is 16.2 Å². The first kappa shape index (κ1) is 14.0. The Hall–Kier alpha value is -1.41. The minimum atomic E-state index is -0.538. The zero-order valence-corrected chi connectivity index (χ0v) is 13.1. The Bertz CT molecular complexity index is 574. The molecule has 0 atom stereocenters. The number of halogens is 1. The van der Waals surface area contributed by atoms with Crippen LogP contribution >= 0.6 is 27.3 Å². The largest absolute Gasteiger partial charge is 0.444 e. The fraction of sp³-hybridized carbons (Fsp3) is 0.364. The normalized spacial score (nSPS) is 11.4. The number of aromatic nitrogens is 3. The molecule has 19 heavy (non-hydrogen) atoms. The molecule has 2 rings (SSSR count). The summed E-state index contributed by atoms with van der Waals surface area (Å²) in [7, 11) is 0. The molecule has 0 spiro atoms. The molecule has 8 heteroatoms. The van der Waals surface area contributed by atoms with Crippen LogP contribution in [0.3, 0.4) is 0 Å². The molecular weight excluding hydrogens is 332 g/mol. The molecular formula is C11H13BrN4O2S. The highest BCUT2D eigenvalue weighted by Crippen LogP contribution is 2.37. The van der Waals surface area contributed by atoms with Gasteiger partial charge in [0.05, 0.1) is 14.4 Å². The van der Waals surface area contributed by atoms with E-state index in [0.29, 0.717) is 11.5 Å². The van der Waals surface area contributed by atoms with Crippen LogP contribution in [0.1, 0.15) is 20.8 Å². The summed E-state index contributed by atoms with van der Waals surface area (Å²) in [6.45, 7) is 5.44. The summed E-state index contributed by atoms with van der Waals surface area (Å²) in [5, 5.41) is 9.27. The van der Waals surface area contributed by atoms with Gasteiger partial charge in [-0.3, -0.25) is 10.4 Å². The zero-order chi connectivity index (χ0) is 14.0. The summed E-state index contributed by atoms with van der Waals surface area (Å²) in [6.07, 6.45) is 0.916. The quantitative estimate of drug-likeness (QED) is 0.871. The second-order valence-corrected chi connectivity index (χ2v) is 7.19. The number of nitrogens with one attached hydrogen (secondary N) is 2. The van der Waals surface area contributed by atoms with Gasteiger partial charge in [0.1, 0.15) is 11.9 Å². The lowest BCUT2D eigenvalue weighted by Gasteiger charge is -2.19. The molecule has 0 aliphatic carbocycles. The molecule has 0 aliphatic rings. The smallest absolute Gasteiger partial charge is 0.412 e. The van der Waals surface area contributed by atoms with E-state index in [0.717, 1.165) is 8.66 Å². The highest BCUT2D eigenvalue weighted by atomic mass is 79.9. The summed E-state index contributed by atoms with van der Waals surface area (Å²) in [6, 6.07) is 1.80. The van der Waals surface area contributed by atoms with E-state index < -0.39 is 11.7 Å². The lowest BCUT2D eigenvalue weighted by atomic mass is 10.2. The Labute approximate surface area is 122 Å². The number of hydrogen-bond acceptors (Lipinski definition) is 5. The maximum Gasteiger partial charge on any atom is 0.412 e. The summed E-state index contributed by atoms with van der Waals surface area (Å²) >= 11 is 4.83. The molecule has 0 fully saturated rings. The van der Waals surface area contributed by atoms with Crippen LogP contribution in [-0.4, -0.2) is 26.9 Å². The van der Waals surface area contributed by atoms with E-state index in [9.17, 15) is 4.79 Å². The minimum Gasteiger partial charge on any atom is -0.444 e. The second kappa shape index (κ2) is 5.30. The first-order valence-electron chi connectivity index (χ1n) is 5.50. The van der Waals surface area contributed by atoms with E-state index in [1.807, 2.05) is 20.8 Å². The average molecular weight is 345 g/mol. The number of rotatable bonds is 2. The molecule has 1 amide bonds. The second-order valence-electron chi connectivity index (χ2n) is 4.75. The molecule has 0 aromatic carbocycles. The molecule has 0 unspecified atom stereocenters. The zero-order valence-electron chi connectivity index (χ0n) is 10.7. The van der Waals surface area contributed by atoms with Gasteiger partial charge < -0.3 is 4.74 Å². The number of carbonyl (C=O) groups excluding carboxylic acids is 1. The van der Waals surface area contributed by atoms with Crippen LogP contribution in [0.15, 0.2) is 16.2 Å². The molecule has 0 radical (unpaired) electrons. The van der Waals surface area contributed by atoms with E-state index in [1.54, 1.807) is 6.07 Å². The van der Waals surface area contributed by atoms with E-state index in [2.05, 4.69) is 36.4 Å². The van der Waals surface area contributed by atoms with Crippen LogP contribution in [0, 0.1) is 0 Å². The van der Waals surface area contributed by atoms with Gasteiger partial charge in [-0.25, -0.2) is 9.78 Å². The average Bonchev–Trinajstić information content (AvgIpc) is 2.83. The van der Waals surface area contributed by atoms with Gasteiger partial charge in [-0.2, -0.15) is 5.10 Å². The number of thiophene rings is 1. The monoisotopic (exact) mass is 344 g/mol. The molecule has 0 saturated heterocycles. The molecule has 0 saturated carbocycles. The molecule has 0 aliphatic heterocycles. The van der Waals surface area contributed by atoms with Gasteiger partial charge in [-0.1, -0.05) is 0 Å². The van der Waals surface area contributed by atoms with Crippen molar-refractivity contribution in [2.75, 3.05) is 5.32 Å². The molecule has 2 heterocycles. The van der Waals surface area contributed by atoms with E-state index in [4.69, 9.17) is 4.74 Å². The number of nitrogens with zero attached hydrogens (tertiary/aromatic N) is 2. The van der Waals surface area contributed by atoms with Crippen LogP contribution in [-0.2, 0) is 4.74 Å². The van der Waals surface area contributed by atoms with Crippen molar-refractivity contribution in [3.63, 3.8) is 0 Å². The van der Waals surface area contributed by atoms with E-state index in [-0.39, 0.29) is 0 Å². The maximum absolute atomic E-state index is 11.8. The van der Waals surface area contributed by atoms with Crippen LogP contribution in [0.5, 0.6) is 0 Å². The fourth-order valence-corrected chi connectivity index (χ4v) is 2.86. The number of carbonyl (C=O) groups is 1. The number of H-pyrrole nitrogens is 1. The van der Waals surface area contributed by atoms with Crippen LogP contribution in [0.25, 0.3) is 10.7 Å². The van der Waals surface area contributed by atoms with Gasteiger partial charge in [0, 0.05) is 0 Å². The van der Waals surface area contributed by atoms with Crippen molar-refractivity contribution in [3.8, 4) is 10.7 Å². The van der Waals surface area contributed by atoms with Gasteiger partial charge in [0.25, 0.3) is 0 Å². The van der Waals surface area contributed by atoms with Crippen molar-refractivity contribution in [2.45, 2.75) is 26.4 Å². The highest BCUT2D eigenvalue weighted by Gasteiger charge is 2.19. The van der Waals surface area contributed by atoms with E-state index in [1.165, 1.54) is 17.7 Å². The highest BCUT2D eigenvalue weighted by molar-refractivity contribution is 9.11. The Morgan fingerprint density at radius 1 is 1.53 bits per heavy atom. The summed E-state index contributed by atoms with van der Waals surface area (Å²) < 4.78 is 6.10. The molecule has 6 nitrogen and oxygen atoms in total. The lowest BCUT2D eigenvalue weighted by molar-refractivity contribution is 0.0636. The third-order valence-corrected chi connectivity index (χ3v) is 3.61. The number of ether oxygens (including phenoxy) is 1. The van der Waals surface area contributed by atoms with Gasteiger partial charge in [-0.15, -0.1) is 11.3 Å². The predicted molar refractivity (Wildman–Crippen MR) is 77.3 cm³/mol. The Balaban J connectivity index is 2.19. The lowest BCUT2D eigenvalue weighted by Crippen LogP contribution is -2.27. The molecule has 2 aromatic heterocycles. The number of anilines is 1. The summed E-state index contributed by atoms with van der Waals surface area (Å²) in [4.78, 5) is 16.6. The van der Waals surface area contributed by atoms with Crippen molar-refractivity contribution >= 4 is 39.0 Å². The third kappa shape index (κ3) is 3.77. The van der Waals surface area contributed by atoms with Crippen molar-refractivity contribution < 1.29 is 9.53 Å². The predicted octanol–water partition coefficient (Wildman–Crippen LogP) is 3.64.